The van der Waals surface area contributed by atoms with Gasteiger partial charge in [-0.3, -0.25) is 9.78 Å². The van der Waals surface area contributed by atoms with E-state index in [1.54, 1.807) is 12.4 Å². The number of nitrogens with zero attached hydrogens (tertiary/aromatic N) is 1. The van der Waals surface area contributed by atoms with Crippen LogP contribution in [0.15, 0.2) is 18.5 Å². The molecule has 2 fully saturated rings. The lowest BCUT2D eigenvalue weighted by atomic mass is 9.98. The van der Waals surface area contributed by atoms with Crippen LogP contribution in [0.25, 0.3) is 0 Å². The van der Waals surface area contributed by atoms with E-state index in [1.807, 2.05) is 6.07 Å². The van der Waals surface area contributed by atoms with E-state index in [0.717, 1.165) is 37.0 Å². The minimum absolute atomic E-state index is 0.00741. The van der Waals surface area contributed by atoms with Crippen LogP contribution in [-0.4, -0.2) is 24.0 Å². The second-order valence-corrected chi connectivity index (χ2v) is 6.40. The van der Waals surface area contributed by atoms with Crippen LogP contribution in [0.1, 0.15) is 49.4 Å². The Morgan fingerprint density at radius 1 is 1.33 bits per heavy atom. The number of carbonyl (C=O) groups excluding carboxylic acids is 1. The lowest BCUT2D eigenvalue weighted by Gasteiger charge is -2.17. The van der Waals surface area contributed by atoms with Gasteiger partial charge >= 0.3 is 0 Å². The van der Waals surface area contributed by atoms with Gasteiger partial charge in [-0.25, -0.2) is 0 Å². The molecule has 4 heteroatoms. The molecule has 1 heterocycles. The molecule has 2 aliphatic rings. The number of hydrogen-bond donors (Lipinski definition) is 2. The first-order chi connectivity index (χ1) is 10.3. The normalized spacial score (nSPS) is 17.8. The van der Waals surface area contributed by atoms with Crippen LogP contribution >= 0.6 is 0 Å². The van der Waals surface area contributed by atoms with Crippen LogP contribution in [0.5, 0.6) is 0 Å². The molecule has 0 atom stereocenters. The Labute approximate surface area is 126 Å². The molecule has 2 aliphatic carbocycles. The second kappa shape index (κ2) is 6.46. The first kappa shape index (κ1) is 14.4. The van der Waals surface area contributed by atoms with Crippen LogP contribution in [0.3, 0.4) is 0 Å². The molecule has 1 aromatic heterocycles. The van der Waals surface area contributed by atoms with Crippen molar-refractivity contribution in [1.29, 1.82) is 0 Å². The van der Waals surface area contributed by atoms with E-state index in [9.17, 15) is 4.79 Å². The van der Waals surface area contributed by atoms with Gasteiger partial charge < -0.3 is 10.6 Å². The van der Waals surface area contributed by atoms with Gasteiger partial charge in [-0.2, -0.15) is 0 Å². The standard InChI is InChI=1S/C17H25N3O/c1-2-8-19-16-7-9-18-10-15(16)17(21)20-11-14(12-3-4-12)13-5-6-13/h7,9-10,12-14H,2-6,8,11H2,1H3,(H,18,19)(H,20,21). The summed E-state index contributed by atoms with van der Waals surface area (Å²) in [5.74, 6) is 2.44. The van der Waals surface area contributed by atoms with Crippen molar-refractivity contribution in [2.75, 3.05) is 18.4 Å². The number of hydrogen-bond acceptors (Lipinski definition) is 3. The summed E-state index contributed by atoms with van der Waals surface area (Å²) in [5.41, 5.74) is 1.55. The number of pyridine rings is 1. The zero-order valence-electron chi connectivity index (χ0n) is 12.8. The summed E-state index contributed by atoms with van der Waals surface area (Å²) in [7, 11) is 0. The Bertz CT molecular complexity index is 483. The van der Waals surface area contributed by atoms with Gasteiger partial charge in [-0.1, -0.05) is 6.92 Å². The van der Waals surface area contributed by atoms with E-state index in [1.165, 1.54) is 25.7 Å². The van der Waals surface area contributed by atoms with E-state index >= 15 is 0 Å². The first-order valence-electron chi connectivity index (χ1n) is 8.25. The fourth-order valence-electron chi connectivity index (χ4n) is 3.06. The smallest absolute Gasteiger partial charge is 0.254 e. The van der Waals surface area contributed by atoms with Crippen molar-refractivity contribution >= 4 is 11.6 Å². The lowest BCUT2D eigenvalue weighted by molar-refractivity contribution is 0.0944. The third-order valence-electron chi connectivity index (χ3n) is 4.58. The predicted octanol–water partition coefficient (Wildman–Crippen LogP) is 3.07. The summed E-state index contributed by atoms with van der Waals surface area (Å²) < 4.78 is 0. The average Bonchev–Trinajstić information content (AvgIpc) is 3.38. The molecule has 0 bridgehead atoms. The van der Waals surface area contributed by atoms with E-state index in [2.05, 4.69) is 22.5 Å². The quantitative estimate of drug-likeness (QED) is 0.772. The second-order valence-electron chi connectivity index (χ2n) is 6.40. The molecule has 4 nitrogen and oxygen atoms in total. The summed E-state index contributed by atoms with van der Waals surface area (Å²) in [5, 5.41) is 6.44. The molecule has 0 radical (unpaired) electrons. The number of anilines is 1. The summed E-state index contributed by atoms with van der Waals surface area (Å²) in [6, 6.07) is 1.88. The van der Waals surface area contributed by atoms with Crippen molar-refractivity contribution in [1.82, 2.24) is 10.3 Å². The third-order valence-corrected chi connectivity index (χ3v) is 4.58. The largest absolute Gasteiger partial charge is 0.384 e. The topological polar surface area (TPSA) is 54.0 Å². The van der Waals surface area contributed by atoms with Crippen molar-refractivity contribution in [3.63, 3.8) is 0 Å². The number of carbonyl (C=O) groups is 1. The molecule has 0 saturated heterocycles. The Kier molecular flexibility index (Phi) is 4.42. The SMILES string of the molecule is CCCNc1ccncc1C(=O)NCC(C1CC1)C1CC1. The number of nitrogens with one attached hydrogen (secondary N) is 2. The fourth-order valence-corrected chi connectivity index (χ4v) is 3.06. The Hall–Kier alpha value is -1.58. The molecule has 3 rings (SSSR count). The zero-order chi connectivity index (χ0) is 14.7. The molecule has 1 amide bonds. The highest BCUT2D eigenvalue weighted by atomic mass is 16.1. The highest BCUT2D eigenvalue weighted by Crippen LogP contribution is 2.48. The summed E-state index contributed by atoms with van der Waals surface area (Å²) >= 11 is 0. The van der Waals surface area contributed by atoms with Crippen molar-refractivity contribution < 1.29 is 4.79 Å². The Balaban J connectivity index is 1.59. The predicted molar refractivity (Wildman–Crippen MR) is 84.3 cm³/mol. The van der Waals surface area contributed by atoms with Crippen LogP contribution in [-0.2, 0) is 0 Å². The minimum atomic E-state index is 0.00741. The van der Waals surface area contributed by atoms with E-state index in [-0.39, 0.29) is 5.91 Å². The Morgan fingerprint density at radius 2 is 2.05 bits per heavy atom. The number of rotatable bonds is 8. The van der Waals surface area contributed by atoms with Crippen molar-refractivity contribution in [2.24, 2.45) is 17.8 Å². The maximum absolute atomic E-state index is 12.4. The van der Waals surface area contributed by atoms with E-state index < -0.39 is 0 Å². The molecule has 21 heavy (non-hydrogen) atoms. The molecule has 2 saturated carbocycles. The van der Waals surface area contributed by atoms with Gasteiger partial charge in [0.2, 0.25) is 0 Å². The number of aromatic nitrogens is 1. The molecule has 0 aliphatic heterocycles. The molecular formula is C17H25N3O. The highest BCUT2D eigenvalue weighted by Gasteiger charge is 2.41. The third kappa shape index (κ3) is 3.74. The van der Waals surface area contributed by atoms with Crippen molar-refractivity contribution in [2.45, 2.75) is 39.0 Å². The molecule has 114 valence electrons. The minimum Gasteiger partial charge on any atom is -0.384 e. The molecular weight excluding hydrogens is 262 g/mol. The van der Waals surface area contributed by atoms with Crippen LogP contribution in [0.2, 0.25) is 0 Å². The fraction of sp³-hybridized carbons (Fsp3) is 0.647. The van der Waals surface area contributed by atoms with Crippen LogP contribution < -0.4 is 10.6 Å². The molecule has 1 aromatic rings. The van der Waals surface area contributed by atoms with Gasteiger partial charge in [-0.05, 0) is 55.9 Å². The summed E-state index contributed by atoms with van der Waals surface area (Å²) in [4.78, 5) is 16.5. The van der Waals surface area contributed by atoms with E-state index in [4.69, 9.17) is 0 Å². The van der Waals surface area contributed by atoms with Crippen LogP contribution in [0.4, 0.5) is 5.69 Å². The Morgan fingerprint density at radius 3 is 2.67 bits per heavy atom. The maximum atomic E-state index is 12.4. The van der Waals surface area contributed by atoms with Gasteiger partial charge in [0, 0.05) is 25.5 Å². The average molecular weight is 287 g/mol. The lowest BCUT2D eigenvalue weighted by Crippen LogP contribution is -2.31. The van der Waals surface area contributed by atoms with Gasteiger partial charge in [0.05, 0.1) is 11.3 Å². The molecule has 0 aromatic carbocycles. The van der Waals surface area contributed by atoms with Gasteiger partial charge in [0.15, 0.2) is 0 Å². The van der Waals surface area contributed by atoms with Gasteiger partial charge in [0.1, 0.15) is 0 Å². The molecule has 0 spiro atoms. The maximum Gasteiger partial charge on any atom is 0.254 e. The summed E-state index contributed by atoms with van der Waals surface area (Å²) in [6.45, 7) is 3.82. The highest BCUT2D eigenvalue weighted by molar-refractivity contribution is 5.99. The number of amides is 1. The van der Waals surface area contributed by atoms with Crippen molar-refractivity contribution in [3.8, 4) is 0 Å². The van der Waals surface area contributed by atoms with E-state index in [0.29, 0.717) is 11.5 Å². The van der Waals surface area contributed by atoms with Gasteiger partial charge in [-0.15, -0.1) is 0 Å². The van der Waals surface area contributed by atoms with Crippen LogP contribution in [0, 0.1) is 17.8 Å². The summed E-state index contributed by atoms with van der Waals surface area (Å²) in [6.07, 6.45) is 9.85. The molecule has 0 unspecified atom stereocenters. The zero-order valence-corrected chi connectivity index (χ0v) is 12.8. The first-order valence-corrected chi connectivity index (χ1v) is 8.25. The van der Waals surface area contributed by atoms with Gasteiger partial charge in [0.25, 0.3) is 5.91 Å². The monoisotopic (exact) mass is 287 g/mol. The molecule has 2 N–H and O–H groups in total. The van der Waals surface area contributed by atoms with Crippen molar-refractivity contribution in [3.05, 3.63) is 24.0 Å².